The number of rotatable bonds is 6. The second kappa shape index (κ2) is 6.98. The first kappa shape index (κ1) is 13.7. The molecule has 1 heterocycles. The summed E-state index contributed by atoms with van der Waals surface area (Å²) in [6.07, 6.45) is 14.6. The maximum absolute atomic E-state index is 11.1. The van der Waals surface area contributed by atoms with E-state index in [4.69, 9.17) is 9.47 Å². The Morgan fingerprint density at radius 2 is 2.26 bits per heavy atom. The number of cyclic esters (lactones) is 1. The van der Waals surface area contributed by atoms with Crippen molar-refractivity contribution in [3.63, 3.8) is 0 Å². The Kier molecular flexibility index (Phi) is 5.01. The van der Waals surface area contributed by atoms with Gasteiger partial charge < -0.3 is 9.47 Å². The van der Waals surface area contributed by atoms with Crippen molar-refractivity contribution < 1.29 is 14.3 Å². The molecule has 0 bridgehead atoms. The normalized spacial score (nSPS) is 22.1. The van der Waals surface area contributed by atoms with Gasteiger partial charge in [-0.3, -0.25) is 0 Å². The third-order valence-corrected chi connectivity index (χ3v) is 3.19. The Morgan fingerprint density at radius 1 is 1.37 bits per heavy atom. The smallest absolute Gasteiger partial charge is 0.333 e. The summed E-state index contributed by atoms with van der Waals surface area (Å²) in [5.41, 5.74) is 0.600. The predicted octanol–water partition coefficient (Wildman–Crippen LogP) is 3.45. The molecule has 3 nitrogen and oxygen atoms in total. The highest BCUT2D eigenvalue weighted by atomic mass is 16.5. The van der Waals surface area contributed by atoms with Gasteiger partial charge in [0.05, 0.1) is 6.61 Å². The number of carbonyl (C=O) groups excluding carboxylic acids is 1. The molecule has 0 aromatic rings. The van der Waals surface area contributed by atoms with Crippen molar-refractivity contribution in [2.75, 3.05) is 6.61 Å². The second-order valence-electron chi connectivity index (χ2n) is 4.81. The first-order chi connectivity index (χ1) is 9.25. The lowest BCUT2D eigenvalue weighted by atomic mass is 10.1. The fourth-order valence-electron chi connectivity index (χ4n) is 2.13. The summed E-state index contributed by atoms with van der Waals surface area (Å²) in [4.78, 5) is 11.1. The Hall–Kier alpha value is -1.77. The third-order valence-electron chi connectivity index (χ3n) is 3.19. The van der Waals surface area contributed by atoms with Crippen molar-refractivity contribution in [2.45, 2.75) is 38.2 Å². The van der Waals surface area contributed by atoms with Crippen LogP contribution in [0.3, 0.4) is 0 Å². The topological polar surface area (TPSA) is 35.5 Å². The molecule has 1 saturated heterocycles. The van der Waals surface area contributed by atoms with Crippen LogP contribution in [0.1, 0.15) is 32.1 Å². The summed E-state index contributed by atoms with van der Waals surface area (Å²) < 4.78 is 10.9. The lowest BCUT2D eigenvalue weighted by Gasteiger charge is -2.09. The third kappa shape index (κ3) is 4.43. The van der Waals surface area contributed by atoms with Crippen molar-refractivity contribution in [1.29, 1.82) is 0 Å². The van der Waals surface area contributed by atoms with E-state index in [0.29, 0.717) is 18.6 Å². The summed E-state index contributed by atoms with van der Waals surface area (Å²) in [5, 5.41) is 0. The van der Waals surface area contributed by atoms with Gasteiger partial charge in [0.1, 0.15) is 11.9 Å². The number of ether oxygens (including phenoxy) is 2. The molecule has 2 aliphatic rings. The van der Waals surface area contributed by atoms with Gasteiger partial charge in [0.25, 0.3) is 0 Å². The minimum absolute atomic E-state index is 0.0289. The van der Waals surface area contributed by atoms with Crippen LogP contribution in [-0.2, 0) is 14.3 Å². The van der Waals surface area contributed by atoms with Gasteiger partial charge in [-0.1, -0.05) is 24.8 Å². The maximum Gasteiger partial charge on any atom is 0.333 e. The molecular formula is C16H20O3. The van der Waals surface area contributed by atoms with E-state index in [0.717, 1.165) is 31.4 Å². The van der Waals surface area contributed by atoms with Crippen molar-refractivity contribution in [3.8, 4) is 0 Å². The van der Waals surface area contributed by atoms with Crippen molar-refractivity contribution in [3.05, 3.63) is 48.3 Å². The van der Waals surface area contributed by atoms with Gasteiger partial charge in [-0.05, 0) is 37.8 Å². The van der Waals surface area contributed by atoms with E-state index in [-0.39, 0.29) is 12.1 Å². The number of hydrogen-bond donors (Lipinski definition) is 0. The van der Waals surface area contributed by atoms with E-state index >= 15 is 0 Å². The molecule has 0 amide bonds. The number of allylic oxidation sites excluding steroid dienone is 5. The van der Waals surface area contributed by atoms with Gasteiger partial charge in [0.2, 0.25) is 0 Å². The molecule has 1 aliphatic carbocycles. The fraction of sp³-hybridized carbons (Fsp3) is 0.438. The average molecular weight is 260 g/mol. The molecule has 102 valence electrons. The molecule has 0 N–H and O–H groups in total. The van der Waals surface area contributed by atoms with Gasteiger partial charge in [-0.25, -0.2) is 4.79 Å². The predicted molar refractivity (Wildman–Crippen MR) is 74.4 cm³/mol. The molecule has 1 unspecified atom stereocenters. The summed E-state index contributed by atoms with van der Waals surface area (Å²) in [6, 6.07) is 0. The Bertz CT molecular complexity index is 413. The molecule has 0 saturated carbocycles. The monoisotopic (exact) mass is 260 g/mol. The van der Waals surface area contributed by atoms with Crippen LogP contribution in [0.25, 0.3) is 0 Å². The highest BCUT2D eigenvalue weighted by Crippen LogP contribution is 2.22. The van der Waals surface area contributed by atoms with Gasteiger partial charge >= 0.3 is 5.97 Å². The van der Waals surface area contributed by atoms with Crippen LogP contribution in [0.15, 0.2) is 48.3 Å². The highest BCUT2D eigenvalue weighted by Gasteiger charge is 2.26. The van der Waals surface area contributed by atoms with E-state index < -0.39 is 0 Å². The van der Waals surface area contributed by atoms with Crippen LogP contribution in [-0.4, -0.2) is 18.7 Å². The Morgan fingerprint density at radius 3 is 3.05 bits per heavy atom. The summed E-state index contributed by atoms with van der Waals surface area (Å²) in [5.74, 6) is 0.702. The first-order valence-corrected chi connectivity index (χ1v) is 6.80. The van der Waals surface area contributed by atoms with Crippen molar-refractivity contribution in [2.24, 2.45) is 0 Å². The van der Waals surface area contributed by atoms with Crippen molar-refractivity contribution >= 4 is 5.97 Å². The molecule has 1 aliphatic heterocycles. The molecule has 2 rings (SSSR count). The van der Waals surface area contributed by atoms with Crippen molar-refractivity contribution in [1.82, 2.24) is 0 Å². The molecule has 19 heavy (non-hydrogen) atoms. The molecule has 1 fully saturated rings. The van der Waals surface area contributed by atoms with E-state index in [1.807, 2.05) is 18.2 Å². The minimum Gasteiger partial charge on any atom is -0.494 e. The standard InChI is InChI=1S/C16H20O3/c1-13-12-15(19-16(13)17)10-6-7-11-18-14-8-4-2-3-5-9-14/h2-4,8-9,15H,1,5-7,10-12H2. The van der Waals surface area contributed by atoms with Gasteiger partial charge in [0.15, 0.2) is 0 Å². The van der Waals surface area contributed by atoms with Gasteiger partial charge in [0, 0.05) is 12.0 Å². The molecule has 1 atom stereocenters. The van der Waals surface area contributed by atoms with Crippen LogP contribution in [0.5, 0.6) is 0 Å². The molecular weight excluding hydrogens is 240 g/mol. The van der Waals surface area contributed by atoms with Crippen LogP contribution >= 0.6 is 0 Å². The molecule has 0 aromatic heterocycles. The van der Waals surface area contributed by atoms with Crippen LogP contribution in [0.2, 0.25) is 0 Å². The quantitative estimate of drug-likeness (QED) is 0.417. The molecule has 0 radical (unpaired) electrons. The van der Waals surface area contributed by atoms with Gasteiger partial charge in [-0.15, -0.1) is 0 Å². The number of hydrogen-bond acceptors (Lipinski definition) is 3. The molecule has 0 aromatic carbocycles. The van der Waals surface area contributed by atoms with E-state index in [1.165, 1.54) is 0 Å². The Labute approximate surface area is 114 Å². The number of esters is 1. The molecule has 3 heteroatoms. The fourth-order valence-corrected chi connectivity index (χ4v) is 2.13. The lowest BCUT2D eigenvalue weighted by Crippen LogP contribution is -2.06. The zero-order valence-corrected chi connectivity index (χ0v) is 11.1. The van der Waals surface area contributed by atoms with E-state index in [9.17, 15) is 4.79 Å². The summed E-state index contributed by atoms with van der Waals surface area (Å²) in [7, 11) is 0. The SMILES string of the molecule is C=C1CC(CCCCOC2=CCC=CC=C2)OC1=O. The minimum atomic E-state index is -0.234. The first-order valence-electron chi connectivity index (χ1n) is 6.80. The number of carbonyl (C=O) groups is 1. The summed E-state index contributed by atoms with van der Waals surface area (Å²) >= 11 is 0. The summed E-state index contributed by atoms with van der Waals surface area (Å²) in [6.45, 7) is 4.39. The maximum atomic E-state index is 11.1. The zero-order valence-electron chi connectivity index (χ0n) is 11.1. The largest absolute Gasteiger partial charge is 0.494 e. The highest BCUT2D eigenvalue weighted by molar-refractivity contribution is 5.89. The van der Waals surface area contributed by atoms with E-state index in [1.54, 1.807) is 0 Å². The molecule has 0 spiro atoms. The van der Waals surface area contributed by atoms with Gasteiger partial charge in [-0.2, -0.15) is 0 Å². The second-order valence-corrected chi connectivity index (χ2v) is 4.81. The number of unbranched alkanes of at least 4 members (excludes halogenated alkanes) is 1. The lowest BCUT2D eigenvalue weighted by molar-refractivity contribution is -0.139. The van der Waals surface area contributed by atoms with Crippen LogP contribution in [0, 0.1) is 0 Å². The average Bonchev–Trinajstić information content (AvgIpc) is 2.60. The zero-order chi connectivity index (χ0) is 13.5. The van der Waals surface area contributed by atoms with Crippen LogP contribution < -0.4 is 0 Å². The Balaban J connectivity index is 1.56. The van der Waals surface area contributed by atoms with Crippen LogP contribution in [0.4, 0.5) is 0 Å². The van der Waals surface area contributed by atoms with E-state index in [2.05, 4.69) is 18.7 Å².